The van der Waals surface area contributed by atoms with Crippen molar-refractivity contribution in [1.82, 2.24) is 9.80 Å². The van der Waals surface area contributed by atoms with E-state index < -0.39 is 0 Å². The zero-order chi connectivity index (χ0) is 18.2. The van der Waals surface area contributed by atoms with Crippen molar-refractivity contribution >= 4 is 5.78 Å². The van der Waals surface area contributed by atoms with E-state index >= 15 is 0 Å². The van der Waals surface area contributed by atoms with Crippen molar-refractivity contribution in [3.63, 3.8) is 0 Å². The number of piperidine rings is 2. The molecule has 0 aromatic rings. The van der Waals surface area contributed by atoms with Gasteiger partial charge in [-0.05, 0) is 78.6 Å². The van der Waals surface area contributed by atoms with Crippen LogP contribution in [-0.2, 0) is 4.79 Å². The van der Waals surface area contributed by atoms with Gasteiger partial charge in [0, 0.05) is 22.9 Å². The number of ketones is 1. The lowest BCUT2D eigenvalue weighted by Crippen LogP contribution is -2.50. The van der Waals surface area contributed by atoms with Crippen LogP contribution in [-0.4, -0.2) is 53.8 Å². The molecule has 0 spiro atoms. The molecular formula is C21H40N2O. The maximum Gasteiger partial charge on any atom is 0.144 e. The summed E-state index contributed by atoms with van der Waals surface area (Å²) in [7, 11) is 0. The number of Topliss-reactive ketones (excluding diaryl/α,β-unsaturated/α-hetero) is 1. The van der Waals surface area contributed by atoms with E-state index in [2.05, 4.69) is 58.3 Å². The van der Waals surface area contributed by atoms with Crippen molar-refractivity contribution in [1.29, 1.82) is 0 Å². The largest absolute Gasteiger partial charge is 0.303 e. The Kier molecular flexibility index (Phi) is 5.87. The van der Waals surface area contributed by atoms with Gasteiger partial charge in [0.05, 0.1) is 0 Å². The van der Waals surface area contributed by atoms with Gasteiger partial charge in [0.25, 0.3) is 0 Å². The molecule has 24 heavy (non-hydrogen) atoms. The predicted molar refractivity (Wildman–Crippen MR) is 102 cm³/mol. The topological polar surface area (TPSA) is 23.6 Å². The standard InChI is InChI=1S/C21H40N2O/c1-19(2,3)18(24)21(7)10-14-22(15-11-21)16-17-8-12-23(13-9-17)20(4,5)6/h17H,8-16H2,1-7H3. The second-order valence-electron chi connectivity index (χ2n) is 10.5. The third-order valence-corrected chi connectivity index (χ3v) is 6.27. The maximum absolute atomic E-state index is 12.7. The summed E-state index contributed by atoms with van der Waals surface area (Å²) in [5, 5.41) is 0. The van der Waals surface area contributed by atoms with Crippen LogP contribution in [0.3, 0.4) is 0 Å². The van der Waals surface area contributed by atoms with E-state index in [0.29, 0.717) is 11.3 Å². The SMILES string of the molecule is CC(C)(C)C(=O)C1(C)CCN(CC2CCN(C(C)(C)C)CC2)CC1. The number of carbonyl (C=O) groups is 1. The van der Waals surface area contributed by atoms with Crippen molar-refractivity contribution in [2.45, 2.75) is 79.7 Å². The Morgan fingerprint density at radius 2 is 1.46 bits per heavy atom. The van der Waals surface area contributed by atoms with Crippen LogP contribution in [0.5, 0.6) is 0 Å². The first kappa shape index (κ1) is 19.9. The van der Waals surface area contributed by atoms with Crippen LogP contribution in [0.1, 0.15) is 74.1 Å². The van der Waals surface area contributed by atoms with E-state index in [-0.39, 0.29) is 10.8 Å². The zero-order valence-corrected chi connectivity index (χ0v) is 17.2. The van der Waals surface area contributed by atoms with Crippen LogP contribution in [0.2, 0.25) is 0 Å². The minimum Gasteiger partial charge on any atom is -0.303 e. The van der Waals surface area contributed by atoms with Gasteiger partial charge in [0.15, 0.2) is 0 Å². The monoisotopic (exact) mass is 336 g/mol. The minimum atomic E-state index is -0.212. The lowest BCUT2D eigenvalue weighted by atomic mass is 9.68. The summed E-state index contributed by atoms with van der Waals surface area (Å²) in [5.41, 5.74) is -0.00766. The van der Waals surface area contributed by atoms with Gasteiger partial charge >= 0.3 is 0 Å². The third-order valence-electron chi connectivity index (χ3n) is 6.27. The molecule has 2 fully saturated rings. The fraction of sp³-hybridized carbons (Fsp3) is 0.952. The van der Waals surface area contributed by atoms with Gasteiger partial charge in [-0.25, -0.2) is 0 Å². The molecule has 0 aromatic heterocycles. The molecule has 0 bridgehead atoms. The van der Waals surface area contributed by atoms with Gasteiger partial charge in [0.1, 0.15) is 5.78 Å². The number of rotatable bonds is 3. The van der Waals surface area contributed by atoms with E-state index in [1.807, 2.05) is 0 Å². The molecular weight excluding hydrogens is 296 g/mol. The first-order chi connectivity index (χ1) is 10.9. The summed E-state index contributed by atoms with van der Waals surface area (Å²) in [6.07, 6.45) is 4.71. The number of nitrogens with zero attached hydrogens (tertiary/aromatic N) is 2. The second kappa shape index (κ2) is 7.07. The van der Waals surface area contributed by atoms with Crippen LogP contribution in [0.15, 0.2) is 0 Å². The number of likely N-dealkylation sites (tertiary alicyclic amines) is 2. The van der Waals surface area contributed by atoms with Crippen LogP contribution in [0, 0.1) is 16.7 Å². The van der Waals surface area contributed by atoms with Crippen LogP contribution < -0.4 is 0 Å². The quantitative estimate of drug-likeness (QED) is 0.771. The van der Waals surface area contributed by atoms with Gasteiger partial charge in [0.2, 0.25) is 0 Å². The van der Waals surface area contributed by atoms with Crippen molar-refractivity contribution in [2.75, 3.05) is 32.7 Å². The van der Waals surface area contributed by atoms with Crippen molar-refractivity contribution in [2.24, 2.45) is 16.7 Å². The molecule has 140 valence electrons. The van der Waals surface area contributed by atoms with Crippen molar-refractivity contribution in [3.05, 3.63) is 0 Å². The highest BCUT2D eigenvalue weighted by Gasteiger charge is 2.42. The van der Waals surface area contributed by atoms with E-state index in [9.17, 15) is 4.79 Å². The molecule has 3 nitrogen and oxygen atoms in total. The Bertz CT molecular complexity index is 428. The molecule has 0 N–H and O–H groups in total. The molecule has 2 aliphatic rings. The normalized spacial score (nSPS) is 25.0. The molecule has 0 aliphatic carbocycles. The molecule has 2 aliphatic heterocycles. The van der Waals surface area contributed by atoms with E-state index in [1.54, 1.807) is 0 Å². The van der Waals surface area contributed by atoms with Gasteiger partial charge < -0.3 is 4.90 Å². The van der Waals surface area contributed by atoms with Crippen molar-refractivity contribution in [3.8, 4) is 0 Å². The highest BCUT2D eigenvalue weighted by Crippen LogP contribution is 2.38. The second-order valence-corrected chi connectivity index (χ2v) is 10.5. The molecule has 0 radical (unpaired) electrons. The molecule has 3 heteroatoms. The summed E-state index contributed by atoms with van der Waals surface area (Å²) >= 11 is 0. The van der Waals surface area contributed by atoms with E-state index in [4.69, 9.17) is 0 Å². The fourth-order valence-corrected chi connectivity index (χ4v) is 4.51. The Morgan fingerprint density at radius 1 is 0.958 bits per heavy atom. The number of hydrogen-bond donors (Lipinski definition) is 0. The lowest BCUT2D eigenvalue weighted by Gasteiger charge is -2.44. The molecule has 0 amide bonds. The summed E-state index contributed by atoms with van der Waals surface area (Å²) in [5.74, 6) is 1.29. The van der Waals surface area contributed by atoms with Gasteiger partial charge in [-0.2, -0.15) is 0 Å². The van der Waals surface area contributed by atoms with E-state index in [1.165, 1.54) is 32.5 Å². The predicted octanol–water partition coefficient (Wildman–Crippen LogP) is 4.21. The Labute approximate surface area is 150 Å². The zero-order valence-electron chi connectivity index (χ0n) is 17.2. The Morgan fingerprint density at radius 3 is 1.88 bits per heavy atom. The first-order valence-corrected chi connectivity index (χ1v) is 9.94. The highest BCUT2D eigenvalue weighted by molar-refractivity contribution is 5.89. The fourth-order valence-electron chi connectivity index (χ4n) is 4.51. The van der Waals surface area contributed by atoms with Crippen LogP contribution in [0.25, 0.3) is 0 Å². The van der Waals surface area contributed by atoms with Gasteiger partial charge in [-0.1, -0.05) is 27.7 Å². The Hall–Kier alpha value is -0.410. The highest BCUT2D eigenvalue weighted by atomic mass is 16.1. The average molecular weight is 337 g/mol. The maximum atomic E-state index is 12.7. The van der Waals surface area contributed by atoms with Crippen molar-refractivity contribution < 1.29 is 4.79 Å². The third kappa shape index (κ3) is 4.82. The van der Waals surface area contributed by atoms with Gasteiger partial charge in [-0.3, -0.25) is 9.69 Å². The smallest absolute Gasteiger partial charge is 0.144 e. The van der Waals surface area contributed by atoms with Gasteiger partial charge in [-0.15, -0.1) is 0 Å². The van der Waals surface area contributed by atoms with Crippen LogP contribution in [0.4, 0.5) is 0 Å². The van der Waals surface area contributed by atoms with E-state index in [0.717, 1.165) is 31.8 Å². The summed E-state index contributed by atoms with van der Waals surface area (Å²) < 4.78 is 0. The summed E-state index contributed by atoms with van der Waals surface area (Å²) in [6, 6.07) is 0. The molecule has 0 aromatic carbocycles. The molecule has 2 rings (SSSR count). The first-order valence-electron chi connectivity index (χ1n) is 9.94. The molecule has 0 atom stereocenters. The summed E-state index contributed by atoms with van der Waals surface area (Å²) in [4.78, 5) is 18.0. The molecule has 2 saturated heterocycles. The van der Waals surface area contributed by atoms with Crippen LogP contribution >= 0.6 is 0 Å². The average Bonchev–Trinajstić information content (AvgIpc) is 2.48. The summed E-state index contributed by atoms with van der Waals surface area (Å²) in [6.45, 7) is 21.3. The molecule has 0 saturated carbocycles. The lowest BCUT2D eigenvalue weighted by molar-refractivity contribution is -0.138. The molecule has 0 unspecified atom stereocenters. The minimum absolute atomic E-state index is 0.107. The molecule has 2 heterocycles. The number of carbonyl (C=O) groups excluding carboxylic acids is 1. The number of hydrogen-bond acceptors (Lipinski definition) is 3. The Balaban J connectivity index is 1.79.